The molecule has 0 aromatic heterocycles. The third-order valence-electron chi connectivity index (χ3n) is 2.35. The van der Waals surface area contributed by atoms with Gasteiger partial charge in [0.15, 0.2) is 0 Å². The highest BCUT2D eigenvalue weighted by molar-refractivity contribution is 6.17. The molecule has 94 valence electrons. The lowest BCUT2D eigenvalue weighted by Gasteiger charge is -2.12. The van der Waals surface area contributed by atoms with E-state index in [-0.39, 0.29) is 11.9 Å². The molecule has 0 radical (unpaired) electrons. The molecule has 1 N–H and O–H groups in total. The molecular weight excluding hydrogens is 238 g/mol. The van der Waals surface area contributed by atoms with Gasteiger partial charge in [0.2, 0.25) is 0 Å². The SMILES string of the molecule is CCOc1ccc(C(=O)NC(C)CCCl)cc1. The Labute approximate surface area is 107 Å². The van der Waals surface area contributed by atoms with Crippen molar-refractivity contribution >= 4 is 17.5 Å². The van der Waals surface area contributed by atoms with Gasteiger partial charge in [-0.25, -0.2) is 0 Å². The molecule has 0 saturated heterocycles. The van der Waals surface area contributed by atoms with Crippen LogP contribution in [-0.2, 0) is 0 Å². The number of carbonyl (C=O) groups is 1. The van der Waals surface area contributed by atoms with Crippen LogP contribution in [0.25, 0.3) is 0 Å². The first-order chi connectivity index (χ1) is 8.17. The summed E-state index contributed by atoms with van der Waals surface area (Å²) in [5.74, 6) is 1.24. The van der Waals surface area contributed by atoms with Crippen LogP contribution in [0, 0.1) is 0 Å². The van der Waals surface area contributed by atoms with E-state index in [1.165, 1.54) is 0 Å². The standard InChI is InChI=1S/C13H18ClNO2/c1-3-17-12-6-4-11(5-7-12)13(16)15-10(2)8-9-14/h4-7,10H,3,8-9H2,1-2H3,(H,15,16). The summed E-state index contributed by atoms with van der Waals surface area (Å²) in [7, 11) is 0. The first kappa shape index (κ1) is 13.8. The minimum atomic E-state index is -0.0781. The number of ether oxygens (including phenoxy) is 1. The highest BCUT2D eigenvalue weighted by atomic mass is 35.5. The topological polar surface area (TPSA) is 38.3 Å². The second-order valence-corrected chi connectivity index (χ2v) is 4.19. The molecule has 0 spiro atoms. The molecule has 0 bridgehead atoms. The average molecular weight is 256 g/mol. The maximum Gasteiger partial charge on any atom is 0.251 e. The van der Waals surface area contributed by atoms with Crippen LogP contribution in [0.4, 0.5) is 0 Å². The number of nitrogens with one attached hydrogen (secondary N) is 1. The number of amides is 1. The Morgan fingerprint density at radius 1 is 1.41 bits per heavy atom. The zero-order valence-corrected chi connectivity index (χ0v) is 11.0. The van der Waals surface area contributed by atoms with Gasteiger partial charge in [0.05, 0.1) is 6.61 Å². The Balaban J connectivity index is 2.57. The van der Waals surface area contributed by atoms with Gasteiger partial charge in [0, 0.05) is 17.5 Å². The smallest absolute Gasteiger partial charge is 0.251 e. The molecule has 1 rings (SSSR count). The van der Waals surface area contributed by atoms with Crippen LogP contribution in [0.5, 0.6) is 5.75 Å². The van der Waals surface area contributed by atoms with Crippen LogP contribution < -0.4 is 10.1 Å². The number of halogens is 1. The van der Waals surface area contributed by atoms with Crippen molar-refractivity contribution in [3.8, 4) is 5.75 Å². The molecule has 1 aromatic carbocycles. The fourth-order valence-corrected chi connectivity index (χ4v) is 1.74. The third-order valence-corrected chi connectivity index (χ3v) is 2.57. The number of carbonyl (C=O) groups excluding carboxylic acids is 1. The lowest BCUT2D eigenvalue weighted by atomic mass is 10.2. The summed E-state index contributed by atoms with van der Waals surface area (Å²) < 4.78 is 5.31. The predicted molar refractivity (Wildman–Crippen MR) is 69.9 cm³/mol. The van der Waals surface area contributed by atoms with Crippen LogP contribution in [-0.4, -0.2) is 24.4 Å². The van der Waals surface area contributed by atoms with Crippen LogP contribution in [0.1, 0.15) is 30.6 Å². The molecule has 17 heavy (non-hydrogen) atoms. The van der Waals surface area contributed by atoms with Crippen LogP contribution in [0.3, 0.4) is 0 Å². The van der Waals surface area contributed by atoms with Crippen molar-refractivity contribution in [2.75, 3.05) is 12.5 Å². The minimum Gasteiger partial charge on any atom is -0.494 e. The van der Waals surface area contributed by atoms with E-state index < -0.39 is 0 Å². The van der Waals surface area contributed by atoms with Crippen molar-refractivity contribution in [3.05, 3.63) is 29.8 Å². The summed E-state index contributed by atoms with van der Waals surface area (Å²) in [6.45, 7) is 4.49. The normalized spacial score (nSPS) is 11.9. The van der Waals surface area contributed by atoms with Gasteiger partial charge in [-0.15, -0.1) is 11.6 Å². The zero-order valence-electron chi connectivity index (χ0n) is 10.2. The minimum absolute atomic E-state index is 0.0781. The molecule has 0 aliphatic heterocycles. The lowest BCUT2D eigenvalue weighted by molar-refractivity contribution is 0.0939. The predicted octanol–water partition coefficient (Wildman–Crippen LogP) is 2.83. The van der Waals surface area contributed by atoms with E-state index in [1.54, 1.807) is 24.3 Å². The summed E-state index contributed by atoms with van der Waals surface area (Å²) in [6.07, 6.45) is 0.768. The number of alkyl halides is 1. The van der Waals surface area contributed by atoms with Gasteiger partial charge in [-0.2, -0.15) is 0 Å². The van der Waals surface area contributed by atoms with E-state index in [2.05, 4.69) is 5.32 Å². The Morgan fingerprint density at radius 2 is 2.06 bits per heavy atom. The second kappa shape index (κ2) is 7.17. The quantitative estimate of drug-likeness (QED) is 0.794. The summed E-state index contributed by atoms with van der Waals surface area (Å²) in [6, 6.07) is 7.20. The van der Waals surface area contributed by atoms with Crippen molar-refractivity contribution in [1.29, 1.82) is 0 Å². The lowest BCUT2D eigenvalue weighted by Crippen LogP contribution is -2.32. The van der Waals surface area contributed by atoms with E-state index in [9.17, 15) is 4.79 Å². The summed E-state index contributed by atoms with van der Waals surface area (Å²) in [4.78, 5) is 11.8. The third kappa shape index (κ3) is 4.65. The average Bonchev–Trinajstić information content (AvgIpc) is 2.30. The monoisotopic (exact) mass is 255 g/mol. The molecule has 1 unspecified atom stereocenters. The highest BCUT2D eigenvalue weighted by Crippen LogP contribution is 2.12. The maximum atomic E-state index is 11.8. The van der Waals surface area contributed by atoms with Crippen molar-refractivity contribution in [2.45, 2.75) is 26.3 Å². The van der Waals surface area contributed by atoms with Gasteiger partial charge in [0.1, 0.15) is 5.75 Å². The Bertz CT molecular complexity index is 351. The number of hydrogen-bond acceptors (Lipinski definition) is 2. The Hall–Kier alpha value is -1.22. The highest BCUT2D eigenvalue weighted by Gasteiger charge is 2.09. The summed E-state index contributed by atoms with van der Waals surface area (Å²) >= 11 is 5.61. The number of rotatable bonds is 6. The number of hydrogen-bond donors (Lipinski definition) is 1. The molecule has 0 aliphatic carbocycles. The van der Waals surface area contributed by atoms with Crippen molar-refractivity contribution < 1.29 is 9.53 Å². The van der Waals surface area contributed by atoms with Crippen LogP contribution in [0.2, 0.25) is 0 Å². The van der Waals surface area contributed by atoms with E-state index >= 15 is 0 Å². The molecule has 4 heteroatoms. The van der Waals surface area contributed by atoms with E-state index in [1.807, 2.05) is 13.8 Å². The van der Waals surface area contributed by atoms with Crippen molar-refractivity contribution in [2.24, 2.45) is 0 Å². The van der Waals surface area contributed by atoms with Crippen molar-refractivity contribution in [1.82, 2.24) is 5.32 Å². The van der Waals surface area contributed by atoms with Crippen LogP contribution >= 0.6 is 11.6 Å². The van der Waals surface area contributed by atoms with Gasteiger partial charge in [-0.05, 0) is 44.5 Å². The summed E-state index contributed by atoms with van der Waals surface area (Å²) in [5, 5.41) is 2.88. The zero-order chi connectivity index (χ0) is 12.7. The van der Waals surface area contributed by atoms with E-state index in [0.717, 1.165) is 12.2 Å². The number of benzene rings is 1. The summed E-state index contributed by atoms with van der Waals surface area (Å²) in [5.41, 5.74) is 0.634. The molecule has 0 aliphatic rings. The molecule has 3 nitrogen and oxygen atoms in total. The molecule has 0 heterocycles. The van der Waals surface area contributed by atoms with Gasteiger partial charge >= 0.3 is 0 Å². The first-order valence-electron chi connectivity index (χ1n) is 5.77. The maximum absolute atomic E-state index is 11.8. The second-order valence-electron chi connectivity index (χ2n) is 3.81. The van der Waals surface area contributed by atoms with Gasteiger partial charge < -0.3 is 10.1 Å². The van der Waals surface area contributed by atoms with Crippen molar-refractivity contribution in [3.63, 3.8) is 0 Å². The Morgan fingerprint density at radius 3 is 2.59 bits per heavy atom. The molecule has 1 aromatic rings. The van der Waals surface area contributed by atoms with Gasteiger partial charge in [0.25, 0.3) is 5.91 Å². The molecule has 0 saturated carbocycles. The Kier molecular flexibility index (Phi) is 5.84. The molecule has 1 atom stereocenters. The largest absolute Gasteiger partial charge is 0.494 e. The van der Waals surface area contributed by atoms with Gasteiger partial charge in [-0.1, -0.05) is 0 Å². The molecule has 1 amide bonds. The molecule has 0 fully saturated rings. The van der Waals surface area contributed by atoms with E-state index in [4.69, 9.17) is 16.3 Å². The molecular formula is C13H18ClNO2. The van der Waals surface area contributed by atoms with Crippen LogP contribution in [0.15, 0.2) is 24.3 Å². The first-order valence-corrected chi connectivity index (χ1v) is 6.30. The fourth-order valence-electron chi connectivity index (χ4n) is 1.41. The van der Waals surface area contributed by atoms with E-state index in [0.29, 0.717) is 18.1 Å². The van der Waals surface area contributed by atoms with Gasteiger partial charge in [-0.3, -0.25) is 4.79 Å². The fraction of sp³-hybridized carbons (Fsp3) is 0.462.